The van der Waals surface area contributed by atoms with Crippen LogP contribution in [0.1, 0.15) is 0 Å². The molecule has 0 aliphatic rings. The van der Waals surface area contributed by atoms with Crippen LogP contribution in [0.15, 0.2) is 54.7 Å². The quantitative estimate of drug-likeness (QED) is 0.523. The Labute approximate surface area is 118 Å². The number of nitrogens with zero attached hydrogens (tertiary/aromatic N) is 1. The van der Waals surface area contributed by atoms with Gasteiger partial charge in [-0.15, -0.1) is 0 Å². The van der Waals surface area contributed by atoms with E-state index in [1.54, 1.807) is 18.3 Å². The molecular formula is C16H11F3NO+. The van der Waals surface area contributed by atoms with Gasteiger partial charge in [0.2, 0.25) is 12.1 Å². The van der Waals surface area contributed by atoms with E-state index >= 15 is 0 Å². The molecule has 0 aliphatic heterocycles. The number of rotatable bonds is 2. The Morgan fingerprint density at radius 1 is 0.952 bits per heavy atom. The van der Waals surface area contributed by atoms with Crippen LogP contribution in [0.5, 0.6) is 0 Å². The van der Waals surface area contributed by atoms with Gasteiger partial charge in [0.05, 0.1) is 5.39 Å². The Balaban J connectivity index is 2.23. The molecular weight excluding hydrogens is 279 g/mol. The lowest BCUT2D eigenvalue weighted by atomic mass is 10.1. The Morgan fingerprint density at radius 3 is 2.29 bits per heavy atom. The third-order valence-corrected chi connectivity index (χ3v) is 3.39. The van der Waals surface area contributed by atoms with Crippen LogP contribution in [0.4, 0.5) is 13.2 Å². The minimum Gasteiger partial charge on any atom is -0.282 e. The second kappa shape index (κ2) is 4.84. The lowest BCUT2D eigenvalue weighted by molar-refractivity contribution is -0.658. The zero-order chi connectivity index (χ0) is 15.0. The molecule has 21 heavy (non-hydrogen) atoms. The number of para-hydroxylation sites is 1. The van der Waals surface area contributed by atoms with Gasteiger partial charge in [-0.05, 0) is 12.1 Å². The van der Waals surface area contributed by atoms with Crippen molar-refractivity contribution in [2.45, 2.75) is 12.7 Å². The van der Waals surface area contributed by atoms with Gasteiger partial charge in [0.1, 0.15) is 0 Å². The van der Waals surface area contributed by atoms with E-state index in [4.69, 9.17) is 0 Å². The highest BCUT2D eigenvalue weighted by Gasteiger charge is 2.41. The van der Waals surface area contributed by atoms with Crippen molar-refractivity contribution < 1.29 is 22.5 Å². The van der Waals surface area contributed by atoms with Gasteiger partial charge in [-0.2, -0.15) is 17.7 Å². The highest BCUT2D eigenvalue weighted by Crippen LogP contribution is 2.22. The molecule has 0 unspecified atom stereocenters. The maximum Gasteiger partial charge on any atom is 0.456 e. The van der Waals surface area contributed by atoms with Gasteiger partial charge in [0.15, 0.2) is 6.20 Å². The van der Waals surface area contributed by atoms with Crippen molar-refractivity contribution in [3.8, 4) is 0 Å². The van der Waals surface area contributed by atoms with Crippen molar-refractivity contribution in [3.63, 3.8) is 0 Å². The van der Waals surface area contributed by atoms with E-state index in [0.717, 1.165) is 16.2 Å². The summed E-state index contributed by atoms with van der Waals surface area (Å²) in [6.45, 7) is -0.713. The molecule has 0 spiro atoms. The van der Waals surface area contributed by atoms with Crippen LogP contribution in [-0.2, 0) is 11.3 Å². The summed E-state index contributed by atoms with van der Waals surface area (Å²) in [5.41, 5.74) is 0.605. The second-order valence-corrected chi connectivity index (χ2v) is 4.78. The van der Waals surface area contributed by atoms with Crippen molar-refractivity contribution in [1.82, 2.24) is 0 Å². The molecule has 2 aromatic carbocycles. The highest BCUT2D eigenvalue weighted by atomic mass is 19.4. The molecule has 0 radical (unpaired) electrons. The zero-order valence-corrected chi connectivity index (χ0v) is 10.9. The van der Waals surface area contributed by atoms with Crippen LogP contribution >= 0.6 is 0 Å². The van der Waals surface area contributed by atoms with E-state index in [1.807, 2.05) is 36.4 Å². The van der Waals surface area contributed by atoms with E-state index in [0.29, 0.717) is 5.52 Å². The molecule has 0 N–H and O–H groups in total. The smallest absolute Gasteiger partial charge is 0.282 e. The van der Waals surface area contributed by atoms with Gasteiger partial charge >= 0.3 is 12.0 Å². The summed E-state index contributed by atoms with van der Waals surface area (Å²) in [5, 5.41) is 2.57. The summed E-state index contributed by atoms with van der Waals surface area (Å²) in [5.74, 6) is -1.76. The Kier molecular flexibility index (Phi) is 3.12. The monoisotopic (exact) mass is 290 g/mol. The minimum absolute atomic E-state index is 0.605. The molecule has 106 valence electrons. The maximum absolute atomic E-state index is 12.5. The summed E-state index contributed by atoms with van der Waals surface area (Å²) >= 11 is 0. The van der Waals surface area contributed by atoms with Gasteiger partial charge in [-0.1, -0.05) is 30.3 Å². The summed E-state index contributed by atoms with van der Waals surface area (Å²) < 4.78 is 38.8. The number of fused-ring (bicyclic) bond motifs is 3. The fraction of sp³-hybridized carbons (Fsp3) is 0.125. The van der Waals surface area contributed by atoms with Crippen molar-refractivity contribution in [1.29, 1.82) is 0 Å². The van der Waals surface area contributed by atoms with Crippen LogP contribution in [-0.4, -0.2) is 12.0 Å². The Hall–Kier alpha value is -2.43. The van der Waals surface area contributed by atoms with Crippen molar-refractivity contribution in [2.75, 3.05) is 0 Å². The first-order chi connectivity index (χ1) is 9.97. The molecule has 3 aromatic rings. The van der Waals surface area contributed by atoms with Gasteiger partial charge in [0, 0.05) is 16.8 Å². The average molecular weight is 290 g/mol. The third-order valence-electron chi connectivity index (χ3n) is 3.39. The molecule has 0 saturated heterocycles. The highest BCUT2D eigenvalue weighted by molar-refractivity contribution is 6.03. The summed E-state index contributed by atoms with van der Waals surface area (Å²) in [7, 11) is 0. The van der Waals surface area contributed by atoms with Crippen molar-refractivity contribution in [3.05, 3.63) is 54.7 Å². The number of ketones is 1. The summed E-state index contributed by atoms with van der Waals surface area (Å²) in [6.07, 6.45) is -3.24. The topological polar surface area (TPSA) is 20.9 Å². The van der Waals surface area contributed by atoms with Crippen LogP contribution in [0.3, 0.4) is 0 Å². The first-order valence-electron chi connectivity index (χ1n) is 6.37. The van der Waals surface area contributed by atoms with E-state index in [1.165, 1.54) is 4.57 Å². The summed E-state index contributed by atoms with van der Waals surface area (Å²) in [6, 6.07) is 14.5. The number of aromatic nitrogens is 1. The van der Waals surface area contributed by atoms with Crippen molar-refractivity contribution in [2.24, 2.45) is 0 Å². The van der Waals surface area contributed by atoms with Gasteiger partial charge < -0.3 is 0 Å². The van der Waals surface area contributed by atoms with Gasteiger partial charge in [0.25, 0.3) is 0 Å². The predicted octanol–water partition coefficient (Wildman–Crippen LogP) is 3.41. The average Bonchev–Trinajstić information content (AvgIpc) is 2.46. The Morgan fingerprint density at radius 2 is 1.57 bits per heavy atom. The number of carbonyl (C=O) groups is 1. The lowest BCUT2D eigenvalue weighted by Crippen LogP contribution is -2.43. The molecule has 0 aliphatic carbocycles. The molecule has 0 bridgehead atoms. The van der Waals surface area contributed by atoms with E-state index in [-0.39, 0.29) is 0 Å². The standard InChI is InChI=1S/C16H11F3NO/c17-16(18,19)15(21)10-20-9-11-5-1-2-6-12(11)13-7-3-4-8-14(13)20/h1-9H,10H2/q+1. The first-order valence-corrected chi connectivity index (χ1v) is 6.37. The molecule has 0 atom stereocenters. The SMILES string of the molecule is O=C(C[n+]1cc2ccccc2c2ccccc21)C(F)(F)F. The van der Waals surface area contributed by atoms with Crippen LogP contribution < -0.4 is 4.57 Å². The number of hydrogen-bond donors (Lipinski definition) is 0. The second-order valence-electron chi connectivity index (χ2n) is 4.78. The van der Waals surface area contributed by atoms with Crippen LogP contribution in [0.25, 0.3) is 21.7 Å². The lowest BCUT2D eigenvalue weighted by Gasteiger charge is -2.06. The molecule has 3 rings (SSSR count). The number of pyridine rings is 1. The number of alkyl halides is 3. The van der Waals surface area contributed by atoms with Gasteiger partial charge in [-0.3, -0.25) is 4.79 Å². The minimum atomic E-state index is -4.82. The number of hydrogen-bond acceptors (Lipinski definition) is 1. The number of carbonyl (C=O) groups excluding carboxylic acids is 1. The molecule has 1 heterocycles. The maximum atomic E-state index is 12.5. The van der Waals surface area contributed by atoms with E-state index < -0.39 is 18.5 Å². The molecule has 1 aromatic heterocycles. The van der Waals surface area contributed by atoms with Crippen LogP contribution in [0.2, 0.25) is 0 Å². The fourth-order valence-corrected chi connectivity index (χ4v) is 2.42. The molecule has 5 heteroatoms. The summed E-state index contributed by atoms with van der Waals surface area (Å²) in [4.78, 5) is 11.3. The zero-order valence-electron chi connectivity index (χ0n) is 10.9. The van der Waals surface area contributed by atoms with Crippen LogP contribution in [0, 0.1) is 0 Å². The number of halogens is 3. The van der Waals surface area contributed by atoms with Gasteiger partial charge in [-0.25, -0.2) is 0 Å². The molecule has 0 fully saturated rings. The van der Waals surface area contributed by atoms with E-state index in [2.05, 4.69) is 0 Å². The third kappa shape index (κ3) is 2.46. The normalized spacial score (nSPS) is 12.0. The molecule has 0 saturated carbocycles. The first kappa shape index (κ1) is 13.5. The fourth-order valence-electron chi connectivity index (χ4n) is 2.42. The van der Waals surface area contributed by atoms with E-state index in [9.17, 15) is 18.0 Å². The number of Topliss-reactive ketones (excluding diaryl/α,β-unsaturated/α-hetero) is 1. The number of benzene rings is 2. The molecule has 2 nitrogen and oxygen atoms in total. The Bertz CT molecular complexity index is 840. The molecule has 0 amide bonds. The van der Waals surface area contributed by atoms with Crippen molar-refractivity contribution >= 4 is 27.5 Å². The predicted molar refractivity (Wildman–Crippen MR) is 72.7 cm³/mol. The largest absolute Gasteiger partial charge is 0.456 e.